The lowest BCUT2D eigenvalue weighted by Gasteiger charge is -2.30. The molecule has 156 valence electrons. The molecule has 7 nitrogen and oxygen atoms in total. The van der Waals surface area contributed by atoms with Crippen LogP contribution in [0.5, 0.6) is 0 Å². The smallest absolute Gasteiger partial charge is 0.338 e. The van der Waals surface area contributed by atoms with Crippen molar-refractivity contribution in [3.05, 3.63) is 59.1 Å². The Bertz CT molecular complexity index is 980. The molecule has 0 bridgehead atoms. The highest BCUT2D eigenvalue weighted by Gasteiger charge is 2.31. The highest BCUT2D eigenvalue weighted by molar-refractivity contribution is 7.92. The van der Waals surface area contributed by atoms with E-state index in [0.717, 1.165) is 10.6 Å². The fourth-order valence-electron chi connectivity index (χ4n) is 2.81. The quantitative estimate of drug-likeness (QED) is 0.634. The molecule has 2 aromatic carbocycles. The number of nitrogens with one attached hydrogen (secondary N) is 1. The molecule has 0 saturated carbocycles. The second kappa shape index (κ2) is 9.76. The number of carbonyl (C=O) groups is 2. The van der Waals surface area contributed by atoms with Gasteiger partial charge in [-0.25, -0.2) is 13.2 Å². The molecule has 0 fully saturated rings. The predicted molar refractivity (Wildman–Crippen MR) is 114 cm³/mol. The zero-order chi connectivity index (χ0) is 21.6. The lowest BCUT2D eigenvalue weighted by Crippen LogP contribution is -2.47. The van der Waals surface area contributed by atoms with Crippen molar-refractivity contribution in [3.8, 4) is 0 Å². The van der Waals surface area contributed by atoms with Crippen molar-refractivity contribution in [1.82, 2.24) is 0 Å². The lowest BCUT2D eigenvalue weighted by atomic mass is 10.1. The van der Waals surface area contributed by atoms with Gasteiger partial charge in [0.2, 0.25) is 15.9 Å². The van der Waals surface area contributed by atoms with Crippen LogP contribution in [0.25, 0.3) is 0 Å². The van der Waals surface area contributed by atoms with Gasteiger partial charge in [0.15, 0.2) is 0 Å². The molecule has 0 unspecified atom stereocenters. The number of nitrogens with zero attached hydrogens (tertiary/aromatic N) is 1. The molecule has 0 aliphatic carbocycles. The van der Waals surface area contributed by atoms with Crippen LogP contribution in [-0.4, -0.2) is 39.2 Å². The van der Waals surface area contributed by atoms with E-state index in [0.29, 0.717) is 5.69 Å². The van der Waals surface area contributed by atoms with Gasteiger partial charge >= 0.3 is 5.97 Å². The van der Waals surface area contributed by atoms with Crippen LogP contribution in [0.15, 0.2) is 48.5 Å². The fraction of sp³-hybridized carbons (Fsp3) is 0.300. The number of esters is 1. The molecular formula is C20H23ClN2O5S. The number of carbonyl (C=O) groups excluding carboxylic acids is 2. The van der Waals surface area contributed by atoms with Crippen LogP contribution < -0.4 is 9.62 Å². The summed E-state index contributed by atoms with van der Waals surface area (Å²) in [5, 5.41) is 2.80. The summed E-state index contributed by atoms with van der Waals surface area (Å²) in [5.41, 5.74) is 0.911. The SMILES string of the molecule is CCOC(=O)c1ccc(NC(=O)[C@@H](CC)N(c2ccccc2)S(C)(=O)=O)c(Cl)c1. The Balaban J connectivity index is 2.30. The van der Waals surface area contributed by atoms with Crippen LogP contribution in [-0.2, 0) is 19.6 Å². The van der Waals surface area contributed by atoms with Crippen LogP contribution in [0.4, 0.5) is 11.4 Å². The number of rotatable bonds is 8. The predicted octanol–water partition coefficient (Wildman–Crippen LogP) is 3.70. The van der Waals surface area contributed by atoms with E-state index in [4.69, 9.17) is 16.3 Å². The highest BCUT2D eigenvalue weighted by Crippen LogP contribution is 2.26. The topological polar surface area (TPSA) is 92.8 Å². The first-order chi connectivity index (χ1) is 13.7. The van der Waals surface area contributed by atoms with Crippen LogP contribution in [0.2, 0.25) is 5.02 Å². The summed E-state index contributed by atoms with van der Waals surface area (Å²) in [4.78, 5) is 24.7. The minimum atomic E-state index is -3.72. The largest absolute Gasteiger partial charge is 0.462 e. The zero-order valence-electron chi connectivity index (χ0n) is 16.4. The van der Waals surface area contributed by atoms with Gasteiger partial charge in [0.1, 0.15) is 6.04 Å². The zero-order valence-corrected chi connectivity index (χ0v) is 18.0. The van der Waals surface area contributed by atoms with Gasteiger partial charge in [-0.05, 0) is 43.7 Å². The van der Waals surface area contributed by atoms with Crippen molar-refractivity contribution in [2.45, 2.75) is 26.3 Å². The fourth-order valence-corrected chi connectivity index (χ4v) is 4.25. The van der Waals surface area contributed by atoms with Gasteiger partial charge in [-0.2, -0.15) is 0 Å². The van der Waals surface area contributed by atoms with Crippen LogP contribution in [0.3, 0.4) is 0 Å². The second-order valence-corrected chi connectivity index (χ2v) is 8.49. The van der Waals surface area contributed by atoms with E-state index in [2.05, 4.69) is 5.32 Å². The number of ether oxygens (including phenoxy) is 1. The third kappa shape index (κ3) is 5.71. The Morgan fingerprint density at radius 2 is 1.79 bits per heavy atom. The Morgan fingerprint density at radius 3 is 2.31 bits per heavy atom. The minimum Gasteiger partial charge on any atom is -0.462 e. The lowest BCUT2D eigenvalue weighted by molar-refractivity contribution is -0.117. The molecule has 0 aromatic heterocycles. The first-order valence-electron chi connectivity index (χ1n) is 9.01. The molecule has 0 aliphatic rings. The molecule has 9 heteroatoms. The van der Waals surface area contributed by atoms with Crippen LogP contribution >= 0.6 is 11.6 Å². The third-order valence-corrected chi connectivity index (χ3v) is 5.57. The molecule has 1 amide bonds. The Morgan fingerprint density at radius 1 is 1.14 bits per heavy atom. The van der Waals surface area contributed by atoms with Crippen molar-refractivity contribution in [2.75, 3.05) is 22.5 Å². The van der Waals surface area contributed by atoms with Crippen molar-refractivity contribution in [1.29, 1.82) is 0 Å². The summed E-state index contributed by atoms with van der Waals surface area (Å²) < 4.78 is 30.8. The number of para-hydroxylation sites is 1. The molecule has 0 heterocycles. The minimum absolute atomic E-state index is 0.143. The van der Waals surface area contributed by atoms with Gasteiger partial charge in [0.05, 0.1) is 34.8 Å². The van der Waals surface area contributed by atoms with Gasteiger partial charge in [0.25, 0.3) is 0 Å². The van der Waals surface area contributed by atoms with E-state index in [1.54, 1.807) is 44.2 Å². The summed E-state index contributed by atoms with van der Waals surface area (Å²) >= 11 is 6.20. The highest BCUT2D eigenvalue weighted by atomic mass is 35.5. The van der Waals surface area contributed by atoms with Crippen molar-refractivity contribution in [2.24, 2.45) is 0 Å². The number of hydrogen-bond acceptors (Lipinski definition) is 5. The first-order valence-corrected chi connectivity index (χ1v) is 11.2. The standard InChI is InChI=1S/C20H23ClN2O5S/c1-4-18(23(29(3,26)27)15-9-7-6-8-10-15)19(24)22-17-12-11-14(13-16(17)21)20(25)28-5-2/h6-13,18H,4-5H2,1-3H3,(H,22,24)/t18-/m1/s1. The summed E-state index contributed by atoms with van der Waals surface area (Å²) in [6.07, 6.45) is 1.30. The van der Waals surface area contributed by atoms with Gasteiger partial charge in [-0.3, -0.25) is 9.10 Å². The van der Waals surface area contributed by atoms with E-state index in [1.165, 1.54) is 18.2 Å². The monoisotopic (exact) mass is 438 g/mol. The van der Waals surface area contributed by atoms with Crippen molar-refractivity contribution in [3.63, 3.8) is 0 Å². The second-order valence-electron chi connectivity index (χ2n) is 6.22. The molecule has 2 aromatic rings. The number of hydrogen-bond donors (Lipinski definition) is 1. The van der Waals surface area contributed by atoms with E-state index >= 15 is 0 Å². The normalized spacial score (nSPS) is 12.1. The molecular weight excluding hydrogens is 416 g/mol. The maximum atomic E-state index is 12.9. The average Bonchev–Trinajstić information content (AvgIpc) is 2.67. The van der Waals surface area contributed by atoms with Gasteiger partial charge < -0.3 is 10.1 Å². The summed E-state index contributed by atoms with van der Waals surface area (Å²) in [7, 11) is -3.72. The first kappa shape index (κ1) is 22.7. The van der Waals surface area contributed by atoms with Crippen LogP contribution in [0, 0.1) is 0 Å². The molecule has 1 N–H and O–H groups in total. The molecule has 2 rings (SSSR count). The summed E-state index contributed by atoms with van der Waals surface area (Å²) in [5.74, 6) is -1.06. The number of amides is 1. The maximum Gasteiger partial charge on any atom is 0.338 e. The molecule has 0 aliphatic heterocycles. The molecule has 29 heavy (non-hydrogen) atoms. The summed E-state index contributed by atoms with van der Waals surface area (Å²) in [6.45, 7) is 3.64. The molecule has 0 radical (unpaired) electrons. The summed E-state index contributed by atoms with van der Waals surface area (Å²) in [6, 6.07) is 11.8. The van der Waals surface area contributed by atoms with Crippen LogP contribution in [0.1, 0.15) is 30.6 Å². The Labute approximate surface area is 175 Å². The Hall–Kier alpha value is -2.58. The number of anilines is 2. The van der Waals surface area contributed by atoms with E-state index in [-0.39, 0.29) is 29.3 Å². The van der Waals surface area contributed by atoms with Crippen molar-refractivity contribution < 1.29 is 22.7 Å². The maximum absolute atomic E-state index is 12.9. The van der Waals surface area contributed by atoms with Gasteiger partial charge in [-0.15, -0.1) is 0 Å². The number of benzene rings is 2. The molecule has 0 saturated heterocycles. The van der Waals surface area contributed by atoms with Gasteiger partial charge in [-0.1, -0.05) is 36.7 Å². The van der Waals surface area contributed by atoms with Gasteiger partial charge in [0, 0.05) is 0 Å². The molecule has 0 spiro atoms. The van der Waals surface area contributed by atoms with E-state index < -0.39 is 27.9 Å². The van der Waals surface area contributed by atoms with E-state index in [9.17, 15) is 18.0 Å². The molecule has 1 atom stereocenters. The van der Waals surface area contributed by atoms with Crippen molar-refractivity contribution >= 4 is 44.9 Å². The third-order valence-electron chi connectivity index (χ3n) is 4.08. The number of sulfonamides is 1. The van der Waals surface area contributed by atoms with E-state index in [1.807, 2.05) is 0 Å². The number of halogens is 1. The Kier molecular flexibility index (Phi) is 7.64. The average molecular weight is 439 g/mol.